The predicted octanol–water partition coefficient (Wildman–Crippen LogP) is 3.29. The highest BCUT2D eigenvalue weighted by Crippen LogP contribution is 2.20. The second-order valence-electron chi connectivity index (χ2n) is 2.56. The monoisotopic (exact) mass is 256 g/mol. The predicted molar refractivity (Wildman–Crippen MR) is 56.3 cm³/mol. The minimum absolute atomic E-state index is 0.715. The van der Waals surface area contributed by atoms with Crippen molar-refractivity contribution in [3.05, 3.63) is 46.4 Å². The molecule has 0 bridgehead atoms. The lowest BCUT2D eigenvalue weighted by Gasteiger charge is -2.02. The van der Waals surface area contributed by atoms with Crippen LogP contribution in [0, 0.1) is 0 Å². The van der Waals surface area contributed by atoms with E-state index >= 15 is 0 Å². The molecule has 0 aliphatic carbocycles. The lowest BCUT2D eigenvalue weighted by Crippen LogP contribution is -1.89. The van der Waals surface area contributed by atoms with Crippen LogP contribution in [0.1, 0.15) is 0 Å². The summed E-state index contributed by atoms with van der Waals surface area (Å²) in [4.78, 5) is 4.06. The lowest BCUT2D eigenvalue weighted by atomic mass is 10.3. The summed E-state index contributed by atoms with van der Waals surface area (Å²) in [5.41, 5.74) is 0.933. The van der Waals surface area contributed by atoms with Crippen molar-refractivity contribution >= 4 is 27.5 Å². The van der Waals surface area contributed by atoms with Gasteiger partial charge >= 0.3 is 0 Å². The van der Waals surface area contributed by atoms with Crippen LogP contribution in [-0.2, 0) is 0 Å². The Morgan fingerprint density at radius 2 is 2.08 bits per heavy atom. The van der Waals surface area contributed by atoms with Gasteiger partial charge in [-0.15, -0.1) is 0 Å². The molecule has 2 aromatic rings. The first-order valence-corrected chi connectivity index (χ1v) is 4.89. The van der Waals surface area contributed by atoms with E-state index in [0.717, 1.165) is 10.3 Å². The number of rotatable bonds is 1. The molecule has 1 heterocycles. The van der Waals surface area contributed by atoms with Crippen molar-refractivity contribution in [2.45, 2.75) is 0 Å². The first-order valence-electron chi connectivity index (χ1n) is 3.72. The highest BCUT2D eigenvalue weighted by atomic mass is 79.9. The molecule has 0 aliphatic heterocycles. The van der Waals surface area contributed by atoms with Crippen LogP contribution < -0.4 is 0 Å². The SMILES string of the molecule is Clc1ccccc1-n1cnc(Br)c1. The van der Waals surface area contributed by atoms with E-state index in [1.165, 1.54) is 0 Å². The van der Waals surface area contributed by atoms with Crippen molar-refractivity contribution in [2.75, 3.05) is 0 Å². The number of halogens is 2. The van der Waals surface area contributed by atoms with E-state index < -0.39 is 0 Å². The smallest absolute Gasteiger partial charge is 0.124 e. The van der Waals surface area contributed by atoms with Crippen LogP contribution in [0.2, 0.25) is 5.02 Å². The maximum atomic E-state index is 6.00. The molecule has 0 saturated heterocycles. The summed E-state index contributed by atoms with van der Waals surface area (Å²) >= 11 is 9.28. The van der Waals surface area contributed by atoms with Crippen molar-refractivity contribution in [3.8, 4) is 5.69 Å². The number of hydrogen-bond donors (Lipinski definition) is 0. The summed E-state index contributed by atoms with van der Waals surface area (Å²) in [6.07, 6.45) is 3.58. The number of hydrogen-bond acceptors (Lipinski definition) is 1. The quantitative estimate of drug-likeness (QED) is 0.766. The van der Waals surface area contributed by atoms with Gasteiger partial charge in [0.2, 0.25) is 0 Å². The molecule has 0 amide bonds. The molecule has 0 fully saturated rings. The minimum Gasteiger partial charge on any atom is -0.304 e. The first kappa shape index (κ1) is 8.78. The first-order chi connectivity index (χ1) is 6.27. The van der Waals surface area contributed by atoms with Gasteiger partial charge in [0.1, 0.15) is 10.9 Å². The summed E-state index contributed by atoms with van der Waals surface area (Å²) in [5, 5.41) is 0.715. The van der Waals surface area contributed by atoms with Gasteiger partial charge in [-0.2, -0.15) is 0 Å². The zero-order chi connectivity index (χ0) is 9.26. The van der Waals surface area contributed by atoms with E-state index in [1.807, 2.05) is 35.0 Å². The molecule has 66 valence electrons. The van der Waals surface area contributed by atoms with Gasteiger partial charge in [0.25, 0.3) is 0 Å². The van der Waals surface area contributed by atoms with Crippen LogP contribution in [0.4, 0.5) is 0 Å². The highest BCUT2D eigenvalue weighted by molar-refractivity contribution is 9.10. The second-order valence-corrected chi connectivity index (χ2v) is 3.77. The molecule has 0 unspecified atom stereocenters. The zero-order valence-corrected chi connectivity index (χ0v) is 8.96. The van der Waals surface area contributed by atoms with E-state index in [4.69, 9.17) is 11.6 Å². The Hall–Kier alpha value is -0.800. The molecule has 0 aliphatic rings. The van der Waals surface area contributed by atoms with Crippen LogP contribution in [-0.4, -0.2) is 9.55 Å². The second kappa shape index (κ2) is 3.52. The lowest BCUT2D eigenvalue weighted by molar-refractivity contribution is 1.06. The third-order valence-corrected chi connectivity index (χ3v) is 2.41. The Labute approximate surface area is 89.3 Å². The molecule has 0 radical (unpaired) electrons. The van der Waals surface area contributed by atoms with Crippen molar-refractivity contribution in [2.24, 2.45) is 0 Å². The van der Waals surface area contributed by atoms with E-state index in [1.54, 1.807) is 6.33 Å². The molecule has 1 aromatic heterocycles. The molecular weight excluding hydrogens is 251 g/mol. The van der Waals surface area contributed by atoms with Gasteiger partial charge in [-0.1, -0.05) is 23.7 Å². The van der Waals surface area contributed by atoms with E-state index in [0.29, 0.717) is 5.02 Å². The fourth-order valence-corrected chi connectivity index (χ4v) is 1.64. The Kier molecular flexibility index (Phi) is 2.38. The van der Waals surface area contributed by atoms with Crippen LogP contribution in [0.15, 0.2) is 41.4 Å². The van der Waals surface area contributed by atoms with Crippen molar-refractivity contribution < 1.29 is 0 Å². The average molecular weight is 258 g/mol. The van der Waals surface area contributed by atoms with Gasteiger partial charge in [0.05, 0.1) is 10.7 Å². The third-order valence-electron chi connectivity index (χ3n) is 1.68. The van der Waals surface area contributed by atoms with Crippen LogP contribution >= 0.6 is 27.5 Å². The molecule has 0 N–H and O–H groups in total. The summed E-state index contributed by atoms with van der Waals surface area (Å²) in [6, 6.07) is 7.63. The summed E-state index contributed by atoms with van der Waals surface area (Å²) < 4.78 is 2.67. The standard InChI is InChI=1S/C9H6BrClN2/c10-9-5-13(6-12-9)8-4-2-1-3-7(8)11/h1-6H. The maximum Gasteiger partial charge on any atom is 0.124 e. The number of aromatic nitrogens is 2. The topological polar surface area (TPSA) is 17.8 Å². The van der Waals surface area contributed by atoms with Crippen LogP contribution in [0.25, 0.3) is 5.69 Å². The van der Waals surface area contributed by atoms with Gasteiger partial charge in [-0.25, -0.2) is 4.98 Å². The highest BCUT2D eigenvalue weighted by Gasteiger charge is 2.01. The largest absolute Gasteiger partial charge is 0.304 e. The molecule has 0 atom stereocenters. The fraction of sp³-hybridized carbons (Fsp3) is 0. The minimum atomic E-state index is 0.715. The molecule has 0 spiro atoms. The van der Waals surface area contributed by atoms with Gasteiger partial charge < -0.3 is 4.57 Å². The summed E-state index contributed by atoms with van der Waals surface area (Å²) in [7, 11) is 0. The van der Waals surface area contributed by atoms with Gasteiger partial charge in [0.15, 0.2) is 0 Å². The molecule has 1 aromatic carbocycles. The van der Waals surface area contributed by atoms with Gasteiger partial charge in [0, 0.05) is 6.20 Å². The number of para-hydroxylation sites is 1. The Morgan fingerprint density at radius 1 is 1.31 bits per heavy atom. The molecule has 2 nitrogen and oxygen atoms in total. The molecule has 2 rings (SSSR count). The molecule has 4 heteroatoms. The van der Waals surface area contributed by atoms with E-state index in [-0.39, 0.29) is 0 Å². The van der Waals surface area contributed by atoms with Crippen LogP contribution in [0.5, 0.6) is 0 Å². The van der Waals surface area contributed by atoms with E-state index in [9.17, 15) is 0 Å². The number of imidazole rings is 1. The Morgan fingerprint density at radius 3 is 2.69 bits per heavy atom. The van der Waals surface area contributed by atoms with Gasteiger partial charge in [-0.3, -0.25) is 0 Å². The fourth-order valence-electron chi connectivity index (χ4n) is 1.09. The summed E-state index contributed by atoms with van der Waals surface area (Å²) in [5.74, 6) is 0. The normalized spacial score (nSPS) is 10.3. The van der Waals surface area contributed by atoms with Crippen molar-refractivity contribution in [3.63, 3.8) is 0 Å². The summed E-state index contributed by atoms with van der Waals surface area (Å²) in [6.45, 7) is 0. The molecule has 0 saturated carbocycles. The Balaban J connectivity index is 2.52. The average Bonchev–Trinajstić information content (AvgIpc) is 2.53. The third kappa shape index (κ3) is 1.76. The van der Waals surface area contributed by atoms with Crippen LogP contribution in [0.3, 0.4) is 0 Å². The zero-order valence-electron chi connectivity index (χ0n) is 6.61. The number of nitrogens with zero attached hydrogens (tertiary/aromatic N) is 2. The maximum absolute atomic E-state index is 6.00. The number of benzene rings is 1. The van der Waals surface area contributed by atoms with Crippen molar-refractivity contribution in [1.82, 2.24) is 9.55 Å². The Bertz CT molecular complexity index is 425. The molecule has 13 heavy (non-hydrogen) atoms. The van der Waals surface area contributed by atoms with Crippen molar-refractivity contribution in [1.29, 1.82) is 0 Å². The van der Waals surface area contributed by atoms with Gasteiger partial charge in [-0.05, 0) is 28.1 Å². The molecular formula is C9H6BrClN2. The van der Waals surface area contributed by atoms with E-state index in [2.05, 4.69) is 20.9 Å².